The Balaban J connectivity index is 5.26. The van der Waals surface area contributed by atoms with Crippen molar-refractivity contribution in [1.82, 2.24) is 0 Å². The Morgan fingerprint density at radius 3 is 0.855 bits per heavy atom. The van der Waals surface area contributed by atoms with Crippen molar-refractivity contribution in [2.24, 2.45) is 23.7 Å². The minimum atomic E-state index is -4.95. The molecule has 3 N–H and O–H groups in total. The summed E-state index contributed by atoms with van der Waals surface area (Å²) in [5.74, 6) is 0.779. The molecule has 4 unspecified atom stereocenters. The molecule has 0 saturated heterocycles. The predicted octanol–water partition coefficient (Wildman–Crippen LogP) is 17.4. The Morgan fingerprint density at radius 1 is 0.337 bits per heavy atom. The number of hydrogen-bond acceptors (Lipinski definition) is 15. The van der Waals surface area contributed by atoms with Gasteiger partial charge in [-0.05, 0) is 49.4 Å². The fourth-order valence-electron chi connectivity index (χ4n) is 9.36. The van der Waals surface area contributed by atoms with Crippen LogP contribution < -0.4 is 0 Å². The quantitative estimate of drug-likeness (QED) is 0.0222. The van der Waals surface area contributed by atoms with E-state index in [1.807, 2.05) is 0 Å². The summed E-state index contributed by atoms with van der Waals surface area (Å²) in [5.41, 5.74) is 0. The highest BCUT2D eigenvalue weighted by Gasteiger charge is 2.30. The molecule has 7 atom stereocenters. The average molecular weight is 1230 g/mol. The number of esters is 4. The SMILES string of the molecule is CCC(C)CCCCCCCCCCC(=O)OC[C@H](COP(=O)(O)OC[C@@H](O)COP(=O)(O)OC[C@@H](COC(=O)CCCCCCCCC(C)C)OC(=O)CCCCCCCCCCC(C)CC)OC(=O)CCCCCCCCCC(C)C. The van der Waals surface area contributed by atoms with E-state index in [1.54, 1.807) is 0 Å². The molecule has 0 bridgehead atoms. The number of phosphoric ester groups is 2. The van der Waals surface area contributed by atoms with E-state index in [0.717, 1.165) is 108 Å². The Bertz CT molecular complexity index is 1670. The molecule has 19 heteroatoms. The third kappa shape index (κ3) is 56.3. The van der Waals surface area contributed by atoms with E-state index in [2.05, 4.69) is 55.4 Å². The molecule has 0 rings (SSSR count). The maximum absolute atomic E-state index is 13.0. The van der Waals surface area contributed by atoms with Crippen LogP contribution in [0.3, 0.4) is 0 Å². The van der Waals surface area contributed by atoms with Gasteiger partial charge in [0, 0.05) is 25.7 Å². The molecular weight excluding hydrogens is 1100 g/mol. The largest absolute Gasteiger partial charge is 0.472 e. The number of phosphoric acid groups is 2. The second kappa shape index (κ2) is 54.2. The highest BCUT2D eigenvalue weighted by atomic mass is 31.2. The van der Waals surface area contributed by atoms with Crippen LogP contribution in [0.2, 0.25) is 0 Å². The highest BCUT2D eigenvalue weighted by Crippen LogP contribution is 2.45. The summed E-state index contributed by atoms with van der Waals surface area (Å²) in [5, 5.41) is 10.5. The summed E-state index contributed by atoms with van der Waals surface area (Å²) >= 11 is 0. The van der Waals surface area contributed by atoms with Gasteiger partial charge >= 0.3 is 39.5 Å². The molecule has 0 aliphatic rings. The summed E-state index contributed by atoms with van der Waals surface area (Å²) in [6.07, 6.45) is 33.6. The maximum atomic E-state index is 13.0. The first-order valence-electron chi connectivity index (χ1n) is 33.3. The normalized spacial score (nSPS) is 15.1. The van der Waals surface area contributed by atoms with Gasteiger partial charge in [0.25, 0.3) is 0 Å². The number of carbonyl (C=O) groups is 4. The second-order valence-corrected chi connectivity index (χ2v) is 27.5. The zero-order valence-corrected chi connectivity index (χ0v) is 55.6. The van der Waals surface area contributed by atoms with Crippen molar-refractivity contribution in [3.8, 4) is 0 Å². The first kappa shape index (κ1) is 81.1. The van der Waals surface area contributed by atoms with E-state index < -0.39 is 97.5 Å². The van der Waals surface area contributed by atoms with Crippen LogP contribution in [0.1, 0.15) is 306 Å². The Labute approximate surface area is 505 Å². The third-order valence-corrected chi connectivity index (χ3v) is 17.2. The topological polar surface area (TPSA) is 237 Å². The van der Waals surface area contributed by atoms with Gasteiger partial charge in [-0.3, -0.25) is 37.3 Å². The number of hydrogen-bond donors (Lipinski definition) is 3. The number of aliphatic hydroxyl groups excluding tert-OH is 1. The highest BCUT2D eigenvalue weighted by molar-refractivity contribution is 7.47. The minimum Gasteiger partial charge on any atom is -0.462 e. The number of rotatable bonds is 61. The molecule has 0 aromatic heterocycles. The summed E-state index contributed by atoms with van der Waals surface area (Å²) in [7, 11) is -9.89. The zero-order chi connectivity index (χ0) is 61.8. The Morgan fingerprint density at radius 2 is 0.578 bits per heavy atom. The van der Waals surface area contributed by atoms with Crippen molar-refractivity contribution in [2.75, 3.05) is 39.6 Å². The van der Waals surface area contributed by atoms with E-state index in [4.69, 9.17) is 37.0 Å². The van der Waals surface area contributed by atoms with Gasteiger partial charge in [-0.25, -0.2) is 9.13 Å². The third-order valence-electron chi connectivity index (χ3n) is 15.3. The summed E-state index contributed by atoms with van der Waals surface area (Å²) in [6.45, 7) is 13.9. The van der Waals surface area contributed by atoms with Crippen LogP contribution in [0.5, 0.6) is 0 Å². The molecule has 83 heavy (non-hydrogen) atoms. The predicted molar refractivity (Wildman–Crippen MR) is 331 cm³/mol. The molecule has 0 heterocycles. The Hall–Kier alpha value is -1.94. The lowest BCUT2D eigenvalue weighted by atomic mass is 9.99. The standard InChI is InChI=1S/C64H124O17P2/c1-9-56(7)42-34-26-17-11-13-19-28-36-44-61(66)74-50-59(81-64(69)47-39-31-21-15-16-24-32-40-54(3)4)52-78-82(70,71)76-48-58(65)49-77-83(72,73)79-53-60(51-75-62(67)45-37-29-23-22-25-33-41-55(5)6)80-63(68)46-38-30-20-14-12-18-27-35-43-57(8)10-2/h54-60,65H,9-53H2,1-8H3,(H,70,71)(H,72,73)/t56?,57?,58-,59-,60-/m1/s1. The molecule has 0 spiro atoms. The van der Waals surface area contributed by atoms with Crippen molar-refractivity contribution in [3.63, 3.8) is 0 Å². The van der Waals surface area contributed by atoms with Gasteiger partial charge in [0.2, 0.25) is 0 Å². The van der Waals surface area contributed by atoms with E-state index in [9.17, 15) is 43.2 Å². The second-order valence-electron chi connectivity index (χ2n) is 24.6. The van der Waals surface area contributed by atoms with Crippen molar-refractivity contribution >= 4 is 39.5 Å². The van der Waals surface area contributed by atoms with Gasteiger partial charge in [-0.2, -0.15) is 0 Å². The molecular formula is C64H124O17P2. The van der Waals surface area contributed by atoms with Crippen LogP contribution in [0, 0.1) is 23.7 Å². The smallest absolute Gasteiger partial charge is 0.462 e. The first-order chi connectivity index (χ1) is 39.7. The number of unbranched alkanes of at least 4 members (excludes halogenated alkanes) is 25. The van der Waals surface area contributed by atoms with Crippen molar-refractivity contribution in [3.05, 3.63) is 0 Å². The van der Waals surface area contributed by atoms with E-state index in [0.29, 0.717) is 37.5 Å². The number of carbonyl (C=O) groups excluding carboxylic acids is 4. The molecule has 492 valence electrons. The van der Waals surface area contributed by atoms with E-state index in [1.165, 1.54) is 103 Å². The molecule has 0 aliphatic heterocycles. The minimum absolute atomic E-state index is 0.102. The van der Waals surface area contributed by atoms with Crippen LogP contribution in [0.25, 0.3) is 0 Å². The first-order valence-corrected chi connectivity index (χ1v) is 36.3. The fraction of sp³-hybridized carbons (Fsp3) is 0.938. The molecule has 0 aliphatic carbocycles. The lowest BCUT2D eigenvalue weighted by Crippen LogP contribution is -2.30. The molecule has 0 fully saturated rings. The number of aliphatic hydroxyl groups is 1. The van der Waals surface area contributed by atoms with Gasteiger partial charge in [0.15, 0.2) is 12.2 Å². The van der Waals surface area contributed by atoms with Crippen LogP contribution in [-0.4, -0.2) is 96.7 Å². The molecule has 0 amide bonds. The van der Waals surface area contributed by atoms with Gasteiger partial charge in [0.05, 0.1) is 26.4 Å². The average Bonchev–Trinajstić information content (AvgIpc) is 3.45. The monoisotopic (exact) mass is 1230 g/mol. The van der Waals surface area contributed by atoms with E-state index >= 15 is 0 Å². The molecule has 0 aromatic rings. The van der Waals surface area contributed by atoms with Crippen LogP contribution in [0.4, 0.5) is 0 Å². The van der Waals surface area contributed by atoms with Crippen LogP contribution in [0.15, 0.2) is 0 Å². The van der Waals surface area contributed by atoms with Crippen LogP contribution >= 0.6 is 15.6 Å². The maximum Gasteiger partial charge on any atom is 0.472 e. The van der Waals surface area contributed by atoms with Gasteiger partial charge in [0.1, 0.15) is 19.3 Å². The van der Waals surface area contributed by atoms with Gasteiger partial charge < -0.3 is 33.8 Å². The van der Waals surface area contributed by atoms with E-state index in [-0.39, 0.29) is 25.7 Å². The van der Waals surface area contributed by atoms with Crippen molar-refractivity contribution < 1.29 is 80.2 Å². The lowest BCUT2D eigenvalue weighted by molar-refractivity contribution is -0.161. The molecule has 0 radical (unpaired) electrons. The summed E-state index contributed by atoms with van der Waals surface area (Å²) in [4.78, 5) is 72.2. The summed E-state index contributed by atoms with van der Waals surface area (Å²) < 4.78 is 68.0. The van der Waals surface area contributed by atoms with Crippen molar-refractivity contribution in [1.29, 1.82) is 0 Å². The van der Waals surface area contributed by atoms with Crippen molar-refractivity contribution in [2.45, 2.75) is 324 Å². The van der Waals surface area contributed by atoms with Crippen LogP contribution in [-0.2, 0) is 65.4 Å². The van der Waals surface area contributed by atoms with Gasteiger partial charge in [-0.1, -0.05) is 254 Å². The lowest BCUT2D eigenvalue weighted by Gasteiger charge is -2.21. The fourth-order valence-corrected chi connectivity index (χ4v) is 10.9. The van der Waals surface area contributed by atoms with Gasteiger partial charge in [-0.15, -0.1) is 0 Å². The zero-order valence-electron chi connectivity index (χ0n) is 53.8. The Kier molecular flexibility index (Phi) is 53.0. The number of ether oxygens (including phenoxy) is 4. The summed E-state index contributed by atoms with van der Waals surface area (Å²) in [6, 6.07) is 0. The molecule has 0 saturated carbocycles. The molecule has 17 nitrogen and oxygen atoms in total. The molecule has 0 aromatic carbocycles.